The summed E-state index contributed by atoms with van der Waals surface area (Å²) in [6.07, 6.45) is 4.90. The molecular weight excluding hydrogens is 330 g/mol. The molecule has 2 aromatic heterocycles. The van der Waals surface area contributed by atoms with Gasteiger partial charge in [-0.2, -0.15) is 5.26 Å². The maximum absolute atomic E-state index is 12.8. The molecule has 0 bridgehead atoms. The minimum absolute atomic E-state index is 0.0672. The van der Waals surface area contributed by atoms with Gasteiger partial charge in [0, 0.05) is 11.8 Å². The number of aryl methyl sites for hydroxylation is 2. The lowest BCUT2D eigenvalue weighted by atomic mass is 10.0. The number of nitrogens with zero attached hydrogens (tertiary/aromatic N) is 2. The molecule has 1 aliphatic rings. The van der Waals surface area contributed by atoms with Gasteiger partial charge in [-0.05, 0) is 48.6 Å². The Kier molecular flexibility index (Phi) is 3.85. The van der Waals surface area contributed by atoms with Crippen LogP contribution in [-0.4, -0.2) is 16.7 Å². The Morgan fingerprint density at radius 2 is 2.00 bits per heavy atom. The summed E-state index contributed by atoms with van der Waals surface area (Å²) in [5.74, 6) is 0.775. The largest absolute Gasteiger partial charge is 0.496 e. The second-order valence-corrected chi connectivity index (χ2v) is 6.49. The van der Waals surface area contributed by atoms with E-state index in [0.717, 1.165) is 30.6 Å². The second kappa shape index (κ2) is 6.19. The smallest absolute Gasteiger partial charge is 0.266 e. The number of ether oxygens (including phenoxy) is 1. The van der Waals surface area contributed by atoms with E-state index in [-0.39, 0.29) is 11.1 Å². The minimum Gasteiger partial charge on any atom is -0.496 e. The first-order valence-corrected chi connectivity index (χ1v) is 8.46. The Morgan fingerprint density at radius 3 is 2.73 bits per heavy atom. The quantitative estimate of drug-likeness (QED) is 0.786. The van der Waals surface area contributed by atoms with Crippen LogP contribution in [0.25, 0.3) is 10.9 Å². The predicted molar refractivity (Wildman–Crippen MR) is 97.7 cm³/mol. The zero-order valence-corrected chi connectivity index (χ0v) is 14.3. The summed E-state index contributed by atoms with van der Waals surface area (Å²) in [6, 6.07) is 9.03. The fraction of sp³-hybridized carbons (Fsp3) is 0.250. The monoisotopic (exact) mass is 347 g/mol. The number of aromatic nitrogens is 2. The Hall–Kier alpha value is -3.33. The van der Waals surface area contributed by atoms with Crippen molar-refractivity contribution in [3.05, 3.63) is 73.4 Å². The van der Waals surface area contributed by atoms with Gasteiger partial charge in [0.1, 0.15) is 17.4 Å². The average molecular weight is 347 g/mol. The highest BCUT2D eigenvalue weighted by Gasteiger charge is 2.16. The van der Waals surface area contributed by atoms with Crippen LogP contribution in [0.5, 0.6) is 5.75 Å². The third-order valence-electron chi connectivity index (χ3n) is 4.94. The van der Waals surface area contributed by atoms with Crippen molar-refractivity contribution in [2.24, 2.45) is 0 Å². The van der Waals surface area contributed by atoms with E-state index in [2.05, 4.69) is 17.1 Å². The summed E-state index contributed by atoms with van der Waals surface area (Å²) in [5, 5.41) is 9.36. The Balaban J connectivity index is 1.82. The highest BCUT2D eigenvalue weighted by atomic mass is 16.5. The van der Waals surface area contributed by atoms with Crippen LogP contribution in [0.1, 0.15) is 28.7 Å². The summed E-state index contributed by atoms with van der Waals surface area (Å²) in [5.41, 5.74) is 3.19. The van der Waals surface area contributed by atoms with Gasteiger partial charge in [-0.1, -0.05) is 6.07 Å². The van der Waals surface area contributed by atoms with E-state index in [1.807, 2.05) is 6.07 Å². The molecule has 130 valence electrons. The third-order valence-corrected chi connectivity index (χ3v) is 4.94. The van der Waals surface area contributed by atoms with Crippen LogP contribution in [-0.2, 0) is 19.4 Å². The van der Waals surface area contributed by atoms with Gasteiger partial charge in [0.2, 0.25) is 0 Å². The minimum atomic E-state index is -0.488. The molecule has 0 amide bonds. The third kappa shape index (κ3) is 2.58. The van der Waals surface area contributed by atoms with Gasteiger partial charge in [-0.3, -0.25) is 9.59 Å². The highest BCUT2D eigenvalue weighted by Crippen LogP contribution is 2.30. The lowest BCUT2D eigenvalue weighted by molar-refractivity contribution is 0.407. The van der Waals surface area contributed by atoms with Crippen molar-refractivity contribution in [1.82, 2.24) is 9.55 Å². The van der Waals surface area contributed by atoms with E-state index in [1.54, 1.807) is 23.9 Å². The first-order chi connectivity index (χ1) is 12.6. The van der Waals surface area contributed by atoms with Crippen LogP contribution in [0.3, 0.4) is 0 Å². The number of fused-ring (bicyclic) bond motifs is 2. The summed E-state index contributed by atoms with van der Waals surface area (Å²) in [7, 11) is 1.63. The number of pyridine rings is 2. The molecule has 0 saturated heterocycles. The van der Waals surface area contributed by atoms with Crippen molar-refractivity contribution >= 4 is 10.9 Å². The second-order valence-electron chi connectivity index (χ2n) is 6.49. The standard InChI is InChI=1S/C20H17N3O3/c1-26-18-9-13-4-2-3-12(13)7-15(18)11-23-6-5-17-16(20(23)25)8-14(10-21)19(24)22-17/h5-9H,2-4,11H2,1H3,(H,22,24). The summed E-state index contributed by atoms with van der Waals surface area (Å²) >= 11 is 0. The van der Waals surface area contributed by atoms with Crippen molar-refractivity contribution in [2.45, 2.75) is 25.8 Å². The molecule has 0 spiro atoms. The number of rotatable bonds is 3. The predicted octanol–water partition coefficient (Wildman–Crippen LogP) is 2.11. The molecule has 0 unspecified atom stereocenters. The van der Waals surface area contributed by atoms with Gasteiger partial charge >= 0.3 is 0 Å². The highest BCUT2D eigenvalue weighted by molar-refractivity contribution is 5.78. The van der Waals surface area contributed by atoms with E-state index >= 15 is 0 Å². The van der Waals surface area contributed by atoms with Gasteiger partial charge < -0.3 is 14.3 Å². The topological polar surface area (TPSA) is 87.9 Å². The number of benzene rings is 1. The molecule has 3 aromatic rings. The lowest BCUT2D eigenvalue weighted by Crippen LogP contribution is -2.22. The number of nitrogens with one attached hydrogen (secondary N) is 1. The molecule has 1 aromatic carbocycles. The van der Waals surface area contributed by atoms with E-state index in [1.165, 1.54) is 17.2 Å². The van der Waals surface area contributed by atoms with Crippen LogP contribution < -0.4 is 15.9 Å². The molecule has 1 N–H and O–H groups in total. The zero-order valence-electron chi connectivity index (χ0n) is 14.3. The number of nitriles is 1. The molecule has 6 nitrogen and oxygen atoms in total. The van der Waals surface area contributed by atoms with Crippen LogP contribution in [0, 0.1) is 11.3 Å². The Bertz CT molecular complexity index is 1180. The molecule has 4 rings (SSSR count). The van der Waals surface area contributed by atoms with Crippen molar-refractivity contribution in [2.75, 3.05) is 7.11 Å². The zero-order chi connectivity index (χ0) is 18.3. The summed E-state index contributed by atoms with van der Waals surface area (Å²) < 4.78 is 7.09. The van der Waals surface area contributed by atoms with Crippen molar-refractivity contribution in [1.29, 1.82) is 5.26 Å². The molecule has 0 saturated carbocycles. The first kappa shape index (κ1) is 16.2. The van der Waals surface area contributed by atoms with Crippen LogP contribution >= 0.6 is 0 Å². The average Bonchev–Trinajstić information content (AvgIpc) is 3.10. The number of methoxy groups -OCH3 is 1. The van der Waals surface area contributed by atoms with Crippen LogP contribution in [0.2, 0.25) is 0 Å². The summed E-state index contributed by atoms with van der Waals surface area (Å²) in [6.45, 7) is 0.367. The van der Waals surface area contributed by atoms with Crippen molar-refractivity contribution in [3.8, 4) is 11.8 Å². The van der Waals surface area contributed by atoms with Crippen molar-refractivity contribution in [3.63, 3.8) is 0 Å². The molecule has 0 fully saturated rings. The molecule has 0 aliphatic heterocycles. The molecule has 1 aliphatic carbocycles. The fourth-order valence-corrected chi connectivity index (χ4v) is 3.60. The molecule has 26 heavy (non-hydrogen) atoms. The lowest BCUT2D eigenvalue weighted by Gasteiger charge is -2.13. The maximum Gasteiger partial charge on any atom is 0.266 e. The van der Waals surface area contributed by atoms with Gasteiger partial charge in [0.05, 0.1) is 24.6 Å². The number of H-pyrrole nitrogens is 1. The fourth-order valence-electron chi connectivity index (χ4n) is 3.60. The van der Waals surface area contributed by atoms with E-state index in [4.69, 9.17) is 10.00 Å². The van der Waals surface area contributed by atoms with Crippen LogP contribution in [0.15, 0.2) is 40.1 Å². The van der Waals surface area contributed by atoms with Crippen LogP contribution in [0.4, 0.5) is 0 Å². The number of hydrogen-bond acceptors (Lipinski definition) is 4. The van der Waals surface area contributed by atoms with Gasteiger partial charge in [0.15, 0.2) is 0 Å². The Morgan fingerprint density at radius 1 is 1.23 bits per heavy atom. The van der Waals surface area contributed by atoms with Gasteiger partial charge in [0.25, 0.3) is 11.1 Å². The molecule has 6 heteroatoms. The van der Waals surface area contributed by atoms with Crippen molar-refractivity contribution < 1.29 is 4.74 Å². The van der Waals surface area contributed by atoms with E-state index in [0.29, 0.717) is 17.4 Å². The molecular formula is C20H17N3O3. The van der Waals surface area contributed by atoms with E-state index in [9.17, 15) is 9.59 Å². The SMILES string of the molecule is COc1cc2c(cc1Cn1ccc3[nH]c(=O)c(C#N)cc3c1=O)CCC2. The molecule has 2 heterocycles. The molecule has 0 atom stereocenters. The maximum atomic E-state index is 12.8. The number of aromatic amines is 1. The summed E-state index contributed by atoms with van der Waals surface area (Å²) in [4.78, 5) is 27.2. The molecule has 0 radical (unpaired) electrons. The van der Waals surface area contributed by atoms with Gasteiger partial charge in [-0.15, -0.1) is 0 Å². The normalized spacial score (nSPS) is 12.8. The number of hydrogen-bond donors (Lipinski definition) is 1. The Labute approximate surface area is 149 Å². The first-order valence-electron chi connectivity index (χ1n) is 8.46. The van der Waals surface area contributed by atoms with E-state index < -0.39 is 5.56 Å². The van der Waals surface area contributed by atoms with Gasteiger partial charge in [-0.25, -0.2) is 0 Å².